The molecule has 8 heavy (non-hydrogen) atoms. The van der Waals surface area contributed by atoms with Crippen molar-refractivity contribution in [1.29, 1.82) is 0 Å². The number of rotatable bonds is 2. The van der Waals surface area contributed by atoms with E-state index in [2.05, 4.69) is 0 Å². The third-order valence-corrected chi connectivity index (χ3v) is 0.697. The van der Waals surface area contributed by atoms with Gasteiger partial charge >= 0.3 is 5.97 Å². The molecular formula is C4H6F2O2. The molecule has 0 aromatic carbocycles. The quantitative estimate of drug-likeness (QED) is 0.590. The van der Waals surface area contributed by atoms with Crippen LogP contribution in [-0.4, -0.2) is 23.4 Å². The summed E-state index contributed by atoms with van der Waals surface area (Å²) in [6.07, 6.45) is 0. The van der Waals surface area contributed by atoms with E-state index in [-0.39, 0.29) is 0 Å². The fraction of sp³-hybridized carbons (Fsp3) is 0.750. The van der Waals surface area contributed by atoms with Gasteiger partial charge in [0.2, 0.25) is 5.67 Å². The van der Waals surface area contributed by atoms with E-state index in [0.717, 1.165) is 0 Å². The first kappa shape index (κ1) is 7.33. The SMILES string of the molecule is C[C@@](F)(CF)C(=O)O. The van der Waals surface area contributed by atoms with Gasteiger partial charge in [-0.05, 0) is 6.92 Å². The maximum Gasteiger partial charge on any atom is 0.343 e. The topological polar surface area (TPSA) is 37.3 Å². The molecule has 0 aromatic rings. The van der Waals surface area contributed by atoms with Gasteiger partial charge in [0.1, 0.15) is 6.67 Å². The molecule has 0 saturated heterocycles. The van der Waals surface area contributed by atoms with Gasteiger partial charge in [0.05, 0.1) is 0 Å². The summed E-state index contributed by atoms with van der Waals surface area (Å²) in [6, 6.07) is 0. The average molecular weight is 124 g/mol. The number of hydrogen-bond donors (Lipinski definition) is 1. The molecule has 0 rings (SSSR count). The fourth-order valence-corrected chi connectivity index (χ4v) is 0.0572. The van der Waals surface area contributed by atoms with Crippen molar-refractivity contribution in [3.8, 4) is 0 Å². The van der Waals surface area contributed by atoms with Crippen LogP contribution in [0.5, 0.6) is 0 Å². The molecule has 0 aliphatic carbocycles. The lowest BCUT2D eigenvalue weighted by molar-refractivity contribution is -0.150. The zero-order chi connectivity index (χ0) is 6.78. The smallest absolute Gasteiger partial charge is 0.343 e. The Labute approximate surface area is 45.1 Å². The van der Waals surface area contributed by atoms with Crippen molar-refractivity contribution >= 4 is 5.97 Å². The Morgan fingerprint density at radius 3 is 2.25 bits per heavy atom. The Balaban J connectivity index is 3.91. The normalized spacial score (nSPS) is 17.4. The van der Waals surface area contributed by atoms with Crippen LogP contribution in [0.2, 0.25) is 0 Å². The van der Waals surface area contributed by atoms with Gasteiger partial charge in [0.25, 0.3) is 0 Å². The van der Waals surface area contributed by atoms with Gasteiger partial charge in [0.15, 0.2) is 0 Å². The maximum absolute atomic E-state index is 12.0. The molecule has 0 radical (unpaired) electrons. The van der Waals surface area contributed by atoms with Gasteiger partial charge in [0, 0.05) is 0 Å². The zero-order valence-corrected chi connectivity index (χ0v) is 4.32. The van der Waals surface area contributed by atoms with Gasteiger partial charge in [-0.2, -0.15) is 0 Å². The first-order valence-electron chi connectivity index (χ1n) is 1.99. The number of carboxylic acid groups (broad SMARTS) is 1. The largest absolute Gasteiger partial charge is 0.479 e. The zero-order valence-electron chi connectivity index (χ0n) is 4.32. The van der Waals surface area contributed by atoms with Crippen LogP contribution in [0, 0.1) is 0 Å². The van der Waals surface area contributed by atoms with Crippen LogP contribution in [0.4, 0.5) is 8.78 Å². The highest BCUT2D eigenvalue weighted by Crippen LogP contribution is 2.09. The van der Waals surface area contributed by atoms with Gasteiger partial charge in [-0.3, -0.25) is 0 Å². The van der Waals surface area contributed by atoms with Gasteiger partial charge in [-0.25, -0.2) is 13.6 Å². The highest BCUT2D eigenvalue weighted by molar-refractivity contribution is 5.76. The summed E-state index contributed by atoms with van der Waals surface area (Å²) < 4.78 is 23.2. The minimum Gasteiger partial charge on any atom is -0.479 e. The highest BCUT2D eigenvalue weighted by atomic mass is 19.2. The molecule has 0 saturated carbocycles. The molecule has 0 aliphatic rings. The van der Waals surface area contributed by atoms with E-state index in [0.29, 0.717) is 6.92 Å². The number of carboxylic acids is 1. The summed E-state index contributed by atoms with van der Waals surface area (Å²) in [5, 5.41) is 7.83. The molecule has 0 bridgehead atoms. The van der Waals surface area contributed by atoms with Gasteiger partial charge in [-0.1, -0.05) is 0 Å². The molecule has 4 heteroatoms. The number of carbonyl (C=O) groups is 1. The van der Waals surface area contributed by atoms with E-state index in [1.807, 2.05) is 0 Å². The summed E-state index contributed by atoms with van der Waals surface area (Å²) in [4.78, 5) is 9.64. The van der Waals surface area contributed by atoms with E-state index < -0.39 is 18.3 Å². The summed E-state index contributed by atoms with van der Waals surface area (Å²) >= 11 is 0. The number of alkyl halides is 2. The van der Waals surface area contributed by atoms with Crippen LogP contribution in [-0.2, 0) is 4.79 Å². The first-order chi connectivity index (χ1) is 3.50. The van der Waals surface area contributed by atoms with E-state index >= 15 is 0 Å². The molecule has 1 N–H and O–H groups in total. The van der Waals surface area contributed by atoms with Crippen molar-refractivity contribution in [2.24, 2.45) is 0 Å². The summed E-state index contributed by atoms with van der Waals surface area (Å²) in [5.41, 5.74) is -2.71. The predicted molar refractivity (Wildman–Crippen MR) is 23.1 cm³/mol. The maximum atomic E-state index is 12.0. The van der Waals surface area contributed by atoms with Crippen molar-refractivity contribution in [2.45, 2.75) is 12.6 Å². The molecule has 1 atom stereocenters. The highest BCUT2D eigenvalue weighted by Gasteiger charge is 2.32. The minimum absolute atomic E-state index is 0.676. The van der Waals surface area contributed by atoms with Crippen molar-refractivity contribution in [2.75, 3.05) is 6.67 Å². The van der Waals surface area contributed by atoms with Crippen LogP contribution in [0.3, 0.4) is 0 Å². The lowest BCUT2D eigenvalue weighted by Gasteiger charge is -2.07. The monoisotopic (exact) mass is 124 g/mol. The Hall–Kier alpha value is -0.670. The summed E-state index contributed by atoms with van der Waals surface area (Å²) in [5.74, 6) is -1.76. The first-order valence-corrected chi connectivity index (χ1v) is 1.99. The lowest BCUT2D eigenvalue weighted by atomic mass is 10.2. The van der Waals surface area contributed by atoms with Gasteiger partial charge in [-0.15, -0.1) is 0 Å². The van der Waals surface area contributed by atoms with E-state index in [1.54, 1.807) is 0 Å². The van der Waals surface area contributed by atoms with Crippen LogP contribution >= 0.6 is 0 Å². The molecule has 0 amide bonds. The third kappa shape index (κ3) is 1.44. The van der Waals surface area contributed by atoms with E-state index in [4.69, 9.17) is 5.11 Å². The van der Waals surface area contributed by atoms with Crippen LogP contribution in [0.1, 0.15) is 6.92 Å². The Kier molecular flexibility index (Phi) is 1.89. The number of halogens is 2. The Morgan fingerprint density at radius 1 is 1.88 bits per heavy atom. The minimum atomic E-state index is -2.71. The van der Waals surface area contributed by atoms with Crippen molar-refractivity contribution in [3.63, 3.8) is 0 Å². The molecule has 0 aromatic heterocycles. The molecule has 0 heterocycles. The lowest BCUT2D eigenvalue weighted by Crippen LogP contribution is -2.31. The Bertz CT molecular complexity index is 100. The molecule has 48 valence electrons. The van der Waals surface area contributed by atoms with Crippen molar-refractivity contribution < 1.29 is 18.7 Å². The molecule has 2 nitrogen and oxygen atoms in total. The Morgan fingerprint density at radius 2 is 2.25 bits per heavy atom. The van der Waals surface area contributed by atoms with E-state index in [1.165, 1.54) is 0 Å². The van der Waals surface area contributed by atoms with E-state index in [9.17, 15) is 13.6 Å². The second kappa shape index (κ2) is 2.07. The van der Waals surface area contributed by atoms with Crippen molar-refractivity contribution in [3.05, 3.63) is 0 Å². The van der Waals surface area contributed by atoms with Crippen LogP contribution in [0.15, 0.2) is 0 Å². The second-order valence-electron chi connectivity index (χ2n) is 1.64. The molecule has 0 unspecified atom stereocenters. The van der Waals surface area contributed by atoms with Crippen LogP contribution in [0.25, 0.3) is 0 Å². The average Bonchev–Trinajstić information content (AvgIpc) is 1.67. The molecule has 0 aliphatic heterocycles. The molecular weight excluding hydrogens is 118 g/mol. The predicted octanol–water partition coefficient (Wildman–Crippen LogP) is 0.769. The molecule has 0 fully saturated rings. The van der Waals surface area contributed by atoms with Gasteiger partial charge < -0.3 is 5.11 Å². The standard InChI is InChI=1S/C4H6F2O2/c1-4(6,2-5)3(7)8/h2H2,1H3,(H,7,8)/t4-/m1/s1. The second-order valence-corrected chi connectivity index (χ2v) is 1.64. The summed E-state index contributed by atoms with van der Waals surface area (Å²) in [6.45, 7) is -0.808. The fourth-order valence-electron chi connectivity index (χ4n) is 0.0572. The van der Waals surface area contributed by atoms with Crippen molar-refractivity contribution in [1.82, 2.24) is 0 Å². The molecule has 0 spiro atoms. The summed E-state index contributed by atoms with van der Waals surface area (Å²) in [7, 11) is 0. The third-order valence-electron chi connectivity index (χ3n) is 0.697. The van der Waals surface area contributed by atoms with Crippen LogP contribution < -0.4 is 0 Å². The number of aliphatic carboxylic acids is 1. The number of hydrogen-bond acceptors (Lipinski definition) is 1.